The second kappa shape index (κ2) is 5.68. The van der Waals surface area contributed by atoms with E-state index in [1.807, 2.05) is 18.2 Å². The maximum absolute atomic E-state index is 11.6. The Bertz CT molecular complexity index is 735. The smallest absolute Gasteiger partial charge is 0.305 e. The molecule has 2 bridgehead atoms. The maximum atomic E-state index is 11.6. The van der Waals surface area contributed by atoms with Crippen molar-refractivity contribution in [3.8, 4) is 5.75 Å². The summed E-state index contributed by atoms with van der Waals surface area (Å²) in [6.45, 7) is 1.40. The van der Waals surface area contributed by atoms with Crippen molar-refractivity contribution in [2.75, 3.05) is 7.11 Å². The molecule has 1 aliphatic carbocycles. The van der Waals surface area contributed by atoms with Crippen LogP contribution in [0, 0.1) is 5.41 Å². The standard InChI is InChI=1S/C20H24O6/c1-12(21)23-18-17-20-9-4-3-8-19(20,11-15(24-18)26-20)16(25-17)13-6-5-7-14(10-13)22-2/h5-7,10,15-18H,3-4,8-9,11H2,1-2H3/t15-,16-,17?,18-,19+,20-/m1/s1. The van der Waals surface area contributed by atoms with Gasteiger partial charge in [-0.05, 0) is 30.5 Å². The second-order valence-corrected chi connectivity index (χ2v) is 7.83. The number of hydrogen-bond acceptors (Lipinski definition) is 6. The number of ether oxygens (including phenoxy) is 5. The Morgan fingerprint density at radius 2 is 2.08 bits per heavy atom. The van der Waals surface area contributed by atoms with Gasteiger partial charge in [0.25, 0.3) is 0 Å². The van der Waals surface area contributed by atoms with Crippen LogP contribution in [0.4, 0.5) is 0 Å². The molecule has 3 aliphatic heterocycles. The number of carbonyl (C=O) groups excluding carboxylic acids is 1. The Morgan fingerprint density at radius 1 is 1.23 bits per heavy atom. The molecule has 4 aliphatic rings. The Kier molecular flexibility index (Phi) is 3.61. The van der Waals surface area contributed by atoms with E-state index in [4.69, 9.17) is 23.7 Å². The highest BCUT2D eigenvalue weighted by Gasteiger charge is 2.77. The molecule has 1 saturated carbocycles. The Hall–Kier alpha value is -1.63. The summed E-state index contributed by atoms with van der Waals surface area (Å²) in [5.41, 5.74) is 0.495. The zero-order valence-electron chi connectivity index (χ0n) is 15.1. The zero-order chi connectivity index (χ0) is 17.9. The molecule has 3 saturated heterocycles. The Morgan fingerprint density at radius 3 is 2.88 bits per heavy atom. The lowest BCUT2D eigenvalue weighted by atomic mass is 9.59. The summed E-state index contributed by atoms with van der Waals surface area (Å²) in [4.78, 5) is 11.6. The molecule has 1 spiro atoms. The SMILES string of the molecule is COc1cccc([C@H]2OC3[C@H](OC(C)=O)O[C@H]4C[C@@]25CCCC[C@@]35O4)c1. The highest BCUT2D eigenvalue weighted by molar-refractivity contribution is 5.66. The molecule has 0 N–H and O–H groups in total. The summed E-state index contributed by atoms with van der Waals surface area (Å²) in [5.74, 6) is 0.454. The van der Waals surface area contributed by atoms with Crippen molar-refractivity contribution in [3.63, 3.8) is 0 Å². The van der Waals surface area contributed by atoms with Crippen LogP contribution in [0.15, 0.2) is 24.3 Å². The van der Waals surface area contributed by atoms with Crippen LogP contribution in [-0.2, 0) is 23.7 Å². The fraction of sp³-hybridized carbons (Fsp3) is 0.650. The van der Waals surface area contributed by atoms with Crippen LogP contribution in [0.1, 0.15) is 50.7 Å². The molecule has 4 fully saturated rings. The molecule has 1 aromatic carbocycles. The number of rotatable bonds is 3. The number of methoxy groups -OCH3 is 1. The van der Waals surface area contributed by atoms with Crippen molar-refractivity contribution in [2.45, 2.75) is 69.4 Å². The second-order valence-electron chi connectivity index (χ2n) is 7.83. The third-order valence-electron chi connectivity index (χ3n) is 6.59. The van der Waals surface area contributed by atoms with Crippen molar-refractivity contribution >= 4 is 5.97 Å². The summed E-state index contributed by atoms with van der Waals surface area (Å²) in [7, 11) is 1.67. The summed E-state index contributed by atoms with van der Waals surface area (Å²) < 4.78 is 29.8. The minimum Gasteiger partial charge on any atom is -0.497 e. The first-order valence-electron chi connectivity index (χ1n) is 9.38. The number of hydrogen-bond donors (Lipinski definition) is 0. The van der Waals surface area contributed by atoms with Gasteiger partial charge in [0.15, 0.2) is 12.4 Å². The van der Waals surface area contributed by atoms with E-state index in [-0.39, 0.29) is 23.8 Å². The largest absolute Gasteiger partial charge is 0.497 e. The molecular formula is C20H24O6. The molecule has 6 atom stereocenters. The summed E-state index contributed by atoms with van der Waals surface area (Å²) >= 11 is 0. The topological polar surface area (TPSA) is 63.2 Å². The lowest BCUT2D eigenvalue weighted by Crippen LogP contribution is -2.58. The molecule has 26 heavy (non-hydrogen) atoms. The van der Waals surface area contributed by atoms with Crippen molar-refractivity contribution in [2.24, 2.45) is 5.41 Å². The monoisotopic (exact) mass is 360 g/mol. The fourth-order valence-corrected chi connectivity index (χ4v) is 5.69. The van der Waals surface area contributed by atoms with Gasteiger partial charge in [-0.15, -0.1) is 0 Å². The van der Waals surface area contributed by atoms with Gasteiger partial charge in [-0.2, -0.15) is 0 Å². The minimum atomic E-state index is -0.707. The first kappa shape index (κ1) is 16.5. The first-order valence-corrected chi connectivity index (χ1v) is 9.38. The highest BCUT2D eigenvalue weighted by atomic mass is 16.8. The molecule has 140 valence electrons. The van der Waals surface area contributed by atoms with E-state index < -0.39 is 18.0 Å². The number of esters is 1. The van der Waals surface area contributed by atoms with Gasteiger partial charge < -0.3 is 23.7 Å². The van der Waals surface area contributed by atoms with E-state index in [1.165, 1.54) is 6.92 Å². The predicted octanol–water partition coefficient (Wildman–Crippen LogP) is 3.10. The van der Waals surface area contributed by atoms with Gasteiger partial charge in [0.05, 0.1) is 13.2 Å². The predicted molar refractivity (Wildman–Crippen MR) is 90.4 cm³/mol. The van der Waals surface area contributed by atoms with Crippen LogP contribution in [-0.4, -0.2) is 37.4 Å². The van der Waals surface area contributed by atoms with E-state index >= 15 is 0 Å². The summed E-state index contributed by atoms with van der Waals surface area (Å²) in [6.07, 6.45) is 3.37. The lowest BCUT2D eigenvalue weighted by Gasteiger charge is -2.47. The van der Waals surface area contributed by atoms with Gasteiger partial charge in [-0.1, -0.05) is 25.0 Å². The maximum Gasteiger partial charge on any atom is 0.305 e. The first-order chi connectivity index (χ1) is 12.6. The number of fused-ring (bicyclic) bond motifs is 1. The van der Waals surface area contributed by atoms with Crippen LogP contribution in [0.3, 0.4) is 0 Å². The quantitative estimate of drug-likeness (QED) is 0.772. The number of benzene rings is 1. The van der Waals surface area contributed by atoms with Crippen molar-refractivity contribution < 1.29 is 28.5 Å². The van der Waals surface area contributed by atoms with Crippen LogP contribution in [0.5, 0.6) is 5.75 Å². The molecule has 3 heterocycles. The molecule has 1 aromatic rings. The van der Waals surface area contributed by atoms with Gasteiger partial charge >= 0.3 is 5.97 Å². The van der Waals surface area contributed by atoms with E-state index in [2.05, 4.69) is 6.07 Å². The van der Waals surface area contributed by atoms with Crippen LogP contribution >= 0.6 is 0 Å². The van der Waals surface area contributed by atoms with Gasteiger partial charge in [0.1, 0.15) is 11.4 Å². The molecule has 0 aromatic heterocycles. The van der Waals surface area contributed by atoms with Crippen molar-refractivity contribution in [3.05, 3.63) is 29.8 Å². The molecule has 5 rings (SSSR count). The third kappa shape index (κ3) is 2.06. The van der Waals surface area contributed by atoms with E-state index in [0.717, 1.165) is 43.4 Å². The summed E-state index contributed by atoms with van der Waals surface area (Å²) in [6, 6.07) is 8.05. The highest BCUT2D eigenvalue weighted by Crippen LogP contribution is 2.71. The van der Waals surface area contributed by atoms with Crippen molar-refractivity contribution in [1.29, 1.82) is 0 Å². The minimum absolute atomic E-state index is 0.116. The van der Waals surface area contributed by atoms with E-state index in [1.54, 1.807) is 7.11 Å². The molecule has 0 radical (unpaired) electrons. The molecule has 0 amide bonds. The van der Waals surface area contributed by atoms with Crippen LogP contribution in [0.2, 0.25) is 0 Å². The average molecular weight is 360 g/mol. The third-order valence-corrected chi connectivity index (χ3v) is 6.59. The van der Waals surface area contributed by atoms with Crippen molar-refractivity contribution in [1.82, 2.24) is 0 Å². The normalized spacial score (nSPS) is 43.0. The summed E-state index contributed by atoms with van der Waals surface area (Å²) in [5, 5.41) is 0. The molecule has 1 unspecified atom stereocenters. The average Bonchev–Trinajstić information content (AvgIpc) is 3.07. The fourth-order valence-electron chi connectivity index (χ4n) is 5.69. The Balaban J connectivity index is 1.60. The van der Waals surface area contributed by atoms with Gasteiger partial charge in [-0.3, -0.25) is 4.79 Å². The van der Waals surface area contributed by atoms with Crippen LogP contribution < -0.4 is 4.74 Å². The Labute approximate surface area is 152 Å². The van der Waals surface area contributed by atoms with Gasteiger partial charge in [-0.25, -0.2) is 0 Å². The van der Waals surface area contributed by atoms with Gasteiger partial charge in [0, 0.05) is 18.8 Å². The molecule has 6 heteroatoms. The van der Waals surface area contributed by atoms with E-state index in [9.17, 15) is 4.79 Å². The number of carbonyl (C=O) groups is 1. The molecule has 6 nitrogen and oxygen atoms in total. The van der Waals surface area contributed by atoms with E-state index in [0.29, 0.717) is 0 Å². The zero-order valence-corrected chi connectivity index (χ0v) is 15.1. The van der Waals surface area contributed by atoms with Gasteiger partial charge in [0.2, 0.25) is 6.29 Å². The van der Waals surface area contributed by atoms with Crippen LogP contribution in [0.25, 0.3) is 0 Å². The lowest BCUT2D eigenvalue weighted by molar-refractivity contribution is -0.341. The molecular weight excluding hydrogens is 336 g/mol.